The summed E-state index contributed by atoms with van der Waals surface area (Å²) < 4.78 is 5.73. The van der Waals surface area contributed by atoms with Crippen LogP contribution in [0.15, 0.2) is 28.7 Å². The average molecular weight is 273 g/mol. The number of hydrogen-bond donors (Lipinski definition) is 1. The maximum absolute atomic E-state index is 9.32. The third kappa shape index (κ3) is 2.73. The number of aromatic nitrogens is 2. The van der Waals surface area contributed by atoms with Crippen LogP contribution in [0.3, 0.4) is 0 Å². The van der Waals surface area contributed by atoms with Gasteiger partial charge in [0.25, 0.3) is 0 Å². The van der Waals surface area contributed by atoms with Crippen LogP contribution >= 0.6 is 0 Å². The normalized spacial score (nSPS) is 19.6. The fourth-order valence-corrected chi connectivity index (χ4v) is 2.70. The number of likely N-dealkylation sites (tertiary alicyclic amines) is 1. The van der Waals surface area contributed by atoms with E-state index in [-0.39, 0.29) is 12.6 Å². The van der Waals surface area contributed by atoms with Gasteiger partial charge in [0, 0.05) is 11.6 Å². The summed E-state index contributed by atoms with van der Waals surface area (Å²) in [7, 11) is 0. The van der Waals surface area contributed by atoms with Gasteiger partial charge in [-0.05, 0) is 38.4 Å². The molecule has 0 aliphatic carbocycles. The second kappa shape index (κ2) is 5.73. The molecule has 3 rings (SSSR count). The van der Waals surface area contributed by atoms with E-state index in [0.717, 1.165) is 24.9 Å². The lowest BCUT2D eigenvalue weighted by Crippen LogP contribution is -2.31. The van der Waals surface area contributed by atoms with Crippen LogP contribution in [0.5, 0.6) is 0 Å². The fraction of sp³-hybridized carbons (Fsp3) is 0.467. The second-order valence-electron chi connectivity index (χ2n) is 5.32. The van der Waals surface area contributed by atoms with Crippen LogP contribution < -0.4 is 0 Å². The zero-order chi connectivity index (χ0) is 13.9. The summed E-state index contributed by atoms with van der Waals surface area (Å²) >= 11 is 0. The average Bonchev–Trinajstić information content (AvgIpc) is 3.08. The molecular formula is C15H19N3O2. The van der Waals surface area contributed by atoms with E-state index in [9.17, 15) is 5.11 Å². The fourth-order valence-electron chi connectivity index (χ4n) is 2.70. The highest BCUT2D eigenvalue weighted by Gasteiger charge is 2.25. The topological polar surface area (TPSA) is 62.4 Å². The monoisotopic (exact) mass is 273 g/mol. The molecule has 5 nitrogen and oxygen atoms in total. The van der Waals surface area contributed by atoms with Crippen LogP contribution in [-0.4, -0.2) is 39.4 Å². The number of hydrogen-bond acceptors (Lipinski definition) is 5. The number of aliphatic hydroxyl groups is 1. The van der Waals surface area contributed by atoms with E-state index in [0.29, 0.717) is 18.3 Å². The summed E-state index contributed by atoms with van der Waals surface area (Å²) in [6.07, 6.45) is 2.15. The molecule has 0 spiro atoms. The zero-order valence-electron chi connectivity index (χ0n) is 11.6. The lowest BCUT2D eigenvalue weighted by atomic mass is 10.1. The number of aryl methyl sites for hydroxylation is 1. The van der Waals surface area contributed by atoms with Crippen molar-refractivity contribution < 1.29 is 9.52 Å². The van der Waals surface area contributed by atoms with Gasteiger partial charge in [0.2, 0.25) is 11.8 Å². The molecule has 20 heavy (non-hydrogen) atoms. The van der Waals surface area contributed by atoms with E-state index >= 15 is 0 Å². The molecule has 1 atom stereocenters. The Labute approximate surface area is 118 Å². The summed E-state index contributed by atoms with van der Waals surface area (Å²) in [5, 5.41) is 17.5. The van der Waals surface area contributed by atoms with Crippen molar-refractivity contribution in [1.82, 2.24) is 15.1 Å². The van der Waals surface area contributed by atoms with E-state index in [1.54, 1.807) is 0 Å². The lowest BCUT2D eigenvalue weighted by molar-refractivity contribution is 0.144. The van der Waals surface area contributed by atoms with Crippen molar-refractivity contribution in [1.29, 1.82) is 0 Å². The predicted octanol–water partition coefficient (Wildman–Crippen LogP) is 2.00. The first-order chi connectivity index (χ1) is 9.76. The van der Waals surface area contributed by atoms with Gasteiger partial charge in [-0.25, -0.2) is 0 Å². The molecule has 0 bridgehead atoms. The van der Waals surface area contributed by atoms with E-state index in [1.807, 2.05) is 31.2 Å². The number of benzene rings is 1. The molecule has 0 saturated carbocycles. The maximum atomic E-state index is 9.32. The van der Waals surface area contributed by atoms with Crippen molar-refractivity contribution >= 4 is 0 Å². The molecule has 0 unspecified atom stereocenters. The Kier molecular flexibility index (Phi) is 3.80. The second-order valence-corrected chi connectivity index (χ2v) is 5.32. The van der Waals surface area contributed by atoms with Crippen LogP contribution in [0, 0.1) is 6.92 Å². The Morgan fingerprint density at radius 3 is 3.10 bits per heavy atom. The molecule has 2 aromatic rings. The SMILES string of the molecule is Cc1cccc(-c2nnc(CN3CCC[C@H]3CO)o2)c1. The van der Waals surface area contributed by atoms with Gasteiger partial charge in [0.05, 0.1) is 13.2 Å². The highest BCUT2D eigenvalue weighted by molar-refractivity contribution is 5.53. The maximum Gasteiger partial charge on any atom is 0.247 e. The first-order valence-electron chi connectivity index (χ1n) is 7.00. The molecule has 5 heteroatoms. The molecule has 1 aliphatic heterocycles. The summed E-state index contributed by atoms with van der Waals surface area (Å²) in [6, 6.07) is 8.25. The molecule has 1 saturated heterocycles. The zero-order valence-corrected chi connectivity index (χ0v) is 11.6. The van der Waals surface area contributed by atoms with Crippen LogP contribution in [0.1, 0.15) is 24.3 Å². The first-order valence-corrected chi connectivity index (χ1v) is 7.00. The Hall–Kier alpha value is -1.72. The van der Waals surface area contributed by atoms with E-state index in [1.165, 1.54) is 5.56 Å². The molecule has 1 fully saturated rings. The van der Waals surface area contributed by atoms with Crippen molar-refractivity contribution in [2.45, 2.75) is 32.4 Å². The van der Waals surface area contributed by atoms with Gasteiger partial charge < -0.3 is 9.52 Å². The summed E-state index contributed by atoms with van der Waals surface area (Å²) in [6.45, 7) is 3.83. The molecule has 1 aromatic heterocycles. The summed E-state index contributed by atoms with van der Waals surface area (Å²) in [4.78, 5) is 2.20. The predicted molar refractivity (Wildman–Crippen MR) is 75.0 cm³/mol. The van der Waals surface area contributed by atoms with Crippen LogP contribution in [0.4, 0.5) is 0 Å². The van der Waals surface area contributed by atoms with Crippen molar-refractivity contribution in [3.8, 4) is 11.5 Å². The Morgan fingerprint density at radius 1 is 1.40 bits per heavy atom. The van der Waals surface area contributed by atoms with Gasteiger partial charge in [-0.15, -0.1) is 10.2 Å². The van der Waals surface area contributed by atoms with Crippen LogP contribution in [0.25, 0.3) is 11.5 Å². The van der Waals surface area contributed by atoms with Gasteiger partial charge in [-0.3, -0.25) is 4.90 Å². The van der Waals surface area contributed by atoms with E-state index in [4.69, 9.17) is 4.42 Å². The molecule has 1 aromatic carbocycles. The standard InChI is InChI=1S/C15H19N3O2/c1-11-4-2-5-12(8-11)15-17-16-14(20-15)9-18-7-3-6-13(18)10-19/h2,4-5,8,13,19H,3,6-7,9-10H2,1H3/t13-/m0/s1. The van der Waals surface area contributed by atoms with Gasteiger partial charge in [-0.2, -0.15) is 0 Å². The highest BCUT2D eigenvalue weighted by atomic mass is 16.4. The van der Waals surface area contributed by atoms with Crippen molar-refractivity contribution in [3.05, 3.63) is 35.7 Å². The third-order valence-corrected chi connectivity index (χ3v) is 3.78. The number of aliphatic hydroxyl groups excluding tert-OH is 1. The first kappa shape index (κ1) is 13.3. The minimum absolute atomic E-state index is 0.193. The molecule has 2 heterocycles. The lowest BCUT2D eigenvalue weighted by Gasteiger charge is -2.20. The minimum Gasteiger partial charge on any atom is -0.419 e. The highest BCUT2D eigenvalue weighted by Crippen LogP contribution is 2.22. The van der Waals surface area contributed by atoms with Gasteiger partial charge >= 0.3 is 0 Å². The molecular weight excluding hydrogens is 254 g/mol. The molecule has 1 N–H and O–H groups in total. The van der Waals surface area contributed by atoms with Gasteiger partial charge in [0.15, 0.2) is 0 Å². The van der Waals surface area contributed by atoms with Gasteiger partial charge in [-0.1, -0.05) is 17.7 Å². The molecule has 0 amide bonds. The van der Waals surface area contributed by atoms with Crippen LogP contribution in [-0.2, 0) is 6.54 Å². The third-order valence-electron chi connectivity index (χ3n) is 3.78. The minimum atomic E-state index is 0.193. The largest absolute Gasteiger partial charge is 0.419 e. The summed E-state index contributed by atoms with van der Waals surface area (Å²) in [5.74, 6) is 1.17. The molecule has 106 valence electrons. The molecule has 0 radical (unpaired) electrons. The van der Waals surface area contributed by atoms with Crippen molar-refractivity contribution in [2.24, 2.45) is 0 Å². The summed E-state index contributed by atoms with van der Waals surface area (Å²) in [5.41, 5.74) is 2.12. The van der Waals surface area contributed by atoms with E-state index in [2.05, 4.69) is 15.1 Å². The smallest absolute Gasteiger partial charge is 0.247 e. The van der Waals surface area contributed by atoms with Crippen molar-refractivity contribution in [2.75, 3.05) is 13.2 Å². The van der Waals surface area contributed by atoms with E-state index < -0.39 is 0 Å². The quantitative estimate of drug-likeness (QED) is 0.923. The Bertz CT molecular complexity index is 582. The Morgan fingerprint density at radius 2 is 2.30 bits per heavy atom. The number of rotatable bonds is 4. The Balaban J connectivity index is 1.74. The van der Waals surface area contributed by atoms with Gasteiger partial charge in [0.1, 0.15) is 0 Å². The van der Waals surface area contributed by atoms with Crippen molar-refractivity contribution in [3.63, 3.8) is 0 Å². The molecule has 1 aliphatic rings. The van der Waals surface area contributed by atoms with Crippen LogP contribution in [0.2, 0.25) is 0 Å². The number of nitrogens with zero attached hydrogens (tertiary/aromatic N) is 3.